The van der Waals surface area contributed by atoms with Crippen LogP contribution in [-0.4, -0.2) is 47.9 Å². The standard InChI is InChI=1S/C14H30O3S/c1-5-17-14-11-12(7-8-13(14)16-3)9-10-18(4,15)6-2/h12-14,18H,5-11H2,1-4H3/t12?,13?,14-/m1/s1. The van der Waals surface area contributed by atoms with Gasteiger partial charge in [-0.1, -0.05) is 6.92 Å². The first-order chi connectivity index (χ1) is 8.52. The molecule has 0 aromatic rings. The molecule has 3 atom stereocenters. The van der Waals surface area contributed by atoms with Crippen molar-refractivity contribution in [2.75, 3.05) is 31.5 Å². The van der Waals surface area contributed by atoms with Gasteiger partial charge in [0.05, 0.1) is 12.2 Å². The Kier molecular flexibility index (Phi) is 6.82. The number of ether oxygens (including phenoxy) is 2. The Morgan fingerprint density at radius 1 is 1.22 bits per heavy atom. The molecule has 4 heteroatoms. The van der Waals surface area contributed by atoms with Crippen LogP contribution in [0.1, 0.15) is 39.5 Å². The van der Waals surface area contributed by atoms with Gasteiger partial charge in [0.25, 0.3) is 0 Å². The lowest BCUT2D eigenvalue weighted by atomic mass is 9.83. The van der Waals surface area contributed by atoms with Crippen LogP contribution in [0.3, 0.4) is 0 Å². The summed E-state index contributed by atoms with van der Waals surface area (Å²) in [5.74, 6) is 2.38. The molecular weight excluding hydrogens is 248 g/mol. The molecule has 0 aromatic carbocycles. The molecule has 1 aliphatic rings. The molecule has 0 bridgehead atoms. The predicted octanol–water partition coefficient (Wildman–Crippen LogP) is 2.26. The van der Waals surface area contributed by atoms with Crippen LogP contribution in [0.4, 0.5) is 0 Å². The van der Waals surface area contributed by atoms with Gasteiger partial charge in [-0.25, -0.2) is 0 Å². The van der Waals surface area contributed by atoms with Gasteiger partial charge in [0, 0.05) is 19.5 Å². The second-order valence-electron chi connectivity index (χ2n) is 5.57. The van der Waals surface area contributed by atoms with Crippen LogP contribution in [-0.2, 0) is 19.4 Å². The quantitative estimate of drug-likeness (QED) is 0.726. The Balaban J connectivity index is 2.43. The van der Waals surface area contributed by atoms with E-state index < -0.39 is 9.93 Å². The average Bonchev–Trinajstić information content (AvgIpc) is 2.37. The van der Waals surface area contributed by atoms with Crippen LogP contribution in [0.2, 0.25) is 0 Å². The first-order valence-corrected chi connectivity index (χ1v) is 9.74. The van der Waals surface area contributed by atoms with Crippen LogP contribution >= 0.6 is 0 Å². The second kappa shape index (κ2) is 7.61. The van der Waals surface area contributed by atoms with E-state index in [9.17, 15) is 4.21 Å². The SMILES string of the molecule is CCO[C@@H]1CC(CC[SH](C)(=O)CC)CCC1OC. The molecule has 18 heavy (non-hydrogen) atoms. The van der Waals surface area contributed by atoms with Gasteiger partial charge in [-0.05, 0) is 50.5 Å². The smallest absolute Gasteiger partial charge is 0.0839 e. The molecule has 1 aliphatic carbocycles. The van der Waals surface area contributed by atoms with Gasteiger partial charge in [0.2, 0.25) is 0 Å². The molecule has 0 spiro atoms. The Morgan fingerprint density at radius 3 is 2.50 bits per heavy atom. The molecule has 1 fully saturated rings. The fourth-order valence-electron chi connectivity index (χ4n) is 2.72. The molecule has 0 saturated heterocycles. The summed E-state index contributed by atoms with van der Waals surface area (Å²) in [5, 5.41) is 0. The third-order valence-corrected chi connectivity index (χ3v) is 6.74. The zero-order chi connectivity index (χ0) is 13.6. The minimum Gasteiger partial charge on any atom is -0.379 e. The zero-order valence-electron chi connectivity index (χ0n) is 12.4. The van der Waals surface area contributed by atoms with Crippen molar-refractivity contribution in [1.82, 2.24) is 0 Å². The average molecular weight is 278 g/mol. The molecule has 0 radical (unpaired) electrons. The highest BCUT2D eigenvalue weighted by molar-refractivity contribution is 8.02. The van der Waals surface area contributed by atoms with E-state index >= 15 is 0 Å². The Labute approximate surface area is 113 Å². The van der Waals surface area contributed by atoms with Gasteiger partial charge in [-0.15, -0.1) is 9.93 Å². The third-order valence-electron chi connectivity index (χ3n) is 4.20. The summed E-state index contributed by atoms with van der Waals surface area (Å²) in [6, 6.07) is 0. The lowest BCUT2D eigenvalue weighted by Gasteiger charge is -2.35. The van der Waals surface area contributed by atoms with Crippen LogP contribution in [0.5, 0.6) is 0 Å². The lowest BCUT2D eigenvalue weighted by molar-refractivity contribution is -0.0847. The molecule has 0 amide bonds. The van der Waals surface area contributed by atoms with Crippen molar-refractivity contribution in [1.29, 1.82) is 0 Å². The second-order valence-corrected chi connectivity index (χ2v) is 9.25. The summed E-state index contributed by atoms with van der Waals surface area (Å²) in [7, 11) is -0.0973. The largest absolute Gasteiger partial charge is 0.379 e. The molecular formula is C14H30O3S. The summed E-state index contributed by atoms with van der Waals surface area (Å²) >= 11 is 0. The van der Waals surface area contributed by atoms with Gasteiger partial charge < -0.3 is 9.47 Å². The van der Waals surface area contributed by atoms with Gasteiger partial charge in [-0.2, -0.15) is 0 Å². The number of hydrogen-bond acceptors (Lipinski definition) is 3. The molecule has 0 heterocycles. The van der Waals surface area contributed by atoms with Crippen molar-refractivity contribution in [3.8, 4) is 0 Å². The van der Waals surface area contributed by atoms with Crippen molar-refractivity contribution in [2.45, 2.75) is 51.7 Å². The molecule has 0 aliphatic heterocycles. The lowest BCUT2D eigenvalue weighted by Crippen LogP contribution is -2.38. The van der Waals surface area contributed by atoms with Gasteiger partial charge >= 0.3 is 0 Å². The van der Waals surface area contributed by atoms with E-state index in [-0.39, 0.29) is 12.2 Å². The van der Waals surface area contributed by atoms with Crippen LogP contribution < -0.4 is 0 Å². The highest BCUT2D eigenvalue weighted by atomic mass is 32.2. The highest BCUT2D eigenvalue weighted by Gasteiger charge is 2.31. The van der Waals surface area contributed by atoms with Crippen molar-refractivity contribution < 1.29 is 13.7 Å². The fourth-order valence-corrected chi connectivity index (χ4v) is 3.95. The maximum absolute atomic E-state index is 12.1. The van der Waals surface area contributed by atoms with Crippen LogP contribution in [0.15, 0.2) is 0 Å². The molecule has 0 aromatic heterocycles. The minimum atomic E-state index is -1.87. The van der Waals surface area contributed by atoms with Crippen molar-refractivity contribution in [3.63, 3.8) is 0 Å². The molecule has 1 saturated carbocycles. The summed E-state index contributed by atoms with van der Waals surface area (Å²) < 4.78 is 23.4. The maximum Gasteiger partial charge on any atom is 0.0839 e. The molecule has 0 N–H and O–H groups in total. The van der Waals surface area contributed by atoms with E-state index in [2.05, 4.69) is 0 Å². The molecule has 1 rings (SSSR count). The third kappa shape index (κ3) is 4.98. The number of thiol groups is 1. The van der Waals surface area contributed by atoms with E-state index in [4.69, 9.17) is 9.47 Å². The maximum atomic E-state index is 12.1. The van der Waals surface area contributed by atoms with E-state index in [1.165, 1.54) is 6.42 Å². The fraction of sp³-hybridized carbons (Fsp3) is 1.00. The van der Waals surface area contributed by atoms with E-state index in [1.54, 1.807) is 7.11 Å². The topological polar surface area (TPSA) is 35.5 Å². The van der Waals surface area contributed by atoms with Crippen LogP contribution in [0, 0.1) is 5.92 Å². The van der Waals surface area contributed by atoms with Crippen LogP contribution in [0.25, 0.3) is 0 Å². The summed E-state index contributed by atoms with van der Waals surface area (Å²) in [5.41, 5.74) is 0. The number of methoxy groups -OCH3 is 1. The highest BCUT2D eigenvalue weighted by Crippen LogP contribution is 2.31. The van der Waals surface area contributed by atoms with E-state index in [0.29, 0.717) is 5.92 Å². The van der Waals surface area contributed by atoms with Crippen molar-refractivity contribution in [3.05, 3.63) is 0 Å². The Morgan fingerprint density at radius 2 is 1.94 bits per heavy atom. The monoisotopic (exact) mass is 278 g/mol. The predicted molar refractivity (Wildman–Crippen MR) is 79.0 cm³/mol. The molecule has 3 nitrogen and oxygen atoms in total. The van der Waals surface area contributed by atoms with E-state index in [0.717, 1.165) is 37.4 Å². The summed E-state index contributed by atoms with van der Waals surface area (Å²) in [6.07, 6.45) is 6.83. The molecule has 110 valence electrons. The summed E-state index contributed by atoms with van der Waals surface area (Å²) in [4.78, 5) is 0. The van der Waals surface area contributed by atoms with Crippen molar-refractivity contribution >= 4 is 9.93 Å². The number of hydrogen-bond donors (Lipinski definition) is 1. The first kappa shape index (κ1) is 16.1. The van der Waals surface area contributed by atoms with Gasteiger partial charge in [0.15, 0.2) is 0 Å². The zero-order valence-corrected chi connectivity index (χ0v) is 13.2. The number of rotatable bonds is 7. The molecule has 2 unspecified atom stereocenters. The Hall–Kier alpha value is 0.0700. The van der Waals surface area contributed by atoms with Crippen molar-refractivity contribution in [2.24, 2.45) is 5.92 Å². The van der Waals surface area contributed by atoms with E-state index in [1.807, 2.05) is 20.1 Å². The first-order valence-electron chi connectivity index (χ1n) is 7.22. The van der Waals surface area contributed by atoms with Gasteiger partial charge in [-0.3, -0.25) is 4.21 Å². The summed E-state index contributed by atoms with van der Waals surface area (Å²) in [6.45, 7) is 4.82. The van der Waals surface area contributed by atoms with Gasteiger partial charge in [0.1, 0.15) is 0 Å². The minimum absolute atomic E-state index is 0.233. The normalized spacial score (nSPS) is 30.3. The Bertz CT molecular complexity index is 280.